The molecular weight excluding hydrogens is 504 g/mol. The number of hydrogen-bond donors (Lipinski definition) is 7. The molecule has 21 heteroatoms. The van der Waals surface area contributed by atoms with Gasteiger partial charge < -0.3 is 34.5 Å². The molecule has 1 saturated heterocycles. The Morgan fingerprint density at radius 1 is 1.27 bits per heavy atom. The van der Waals surface area contributed by atoms with E-state index in [0.717, 1.165) is 12.3 Å². The zero-order chi connectivity index (χ0) is 24.9. The lowest BCUT2D eigenvalue weighted by atomic mass is 10.1. The lowest BCUT2D eigenvalue weighted by molar-refractivity contribution is -0.204. The van der Waals surface area contributed by atoms with Crippen LogP contribution in [0.1, 0.15) is 8.97 Å². The lowest BCUT2D eigenvalue weighted by Crippen LogP contribution is -2.42. The SMILES string of the molecule is [2H]C([2H])(OP(=O)(O)OP(=O)(O)OP(=O)(O)O)[C@@]1(F)O[C@@H](n2ccc(=O)[nH]c2=S)[C@H](O)[C@@H]1O. The zero-order valence-electron chi connectivity index (χ0n) is 15.9. The summed E-state index contributed by atoms with van der Waals surface area (Å²) >= 11 is 4.77. The highest BCUT2D eigenvalue weighted by Gasteiger charge is 2.57. The second kappa shape index (κ2) is 8.69. The van der Waals surface area contributed by atoms with Gasteiger partial charge in [0.2, 0.25) is 0 Å². The average Bonchev–Trinajstić information content (AvgIpc) is 2.76. The van der Waals surface area contributed by atoms with Crippen molar-refractivity contribution in [2.24, 2.45) is 0 Å². The molecule has 2 rings (SSSR count). The molecule has 16 nitrogen and oxygen atoms in total. The summed E-state index contributed by atoms with van der Waals surface area (Å²) in [5, 5.41) is 20.0. The minimum Gasteiger partial charge on any atom is -0.385 e. The third-order valence-corrected chi connectivity index (χ3v) is 7.09. The van der Waals surface area contributed by atoms with Gasteiger partial charge in [0.1, 0.15) is 18.8 Å². The first-order valence-electron chi connectivity index (χ1n) is 8.09. The number of aliphatic hydroxyl groups excluding tert-OH is 2. The predicted molar refractivity (Wildman–Crippen MR) is 91.7 cm³/mol. The Balaban J connectivity index is 2.33. The Hall–Kier alpha value is -0.680. The first-order valence-corrected chi connectivity index (χ1v) is 12.0. The molecule has 1 aliphatic heterocycles. The molecule has 0 radical (unpaired) electrons. The summed E-state index contributed by atoms with van der Waals surface area (Å²) in [6, 6.07) is 0.844. The van der Waals surface area contributed by atoms with Crippen LogP contribution in [0.2, 0.25) is 0 Å². The van der Waals surface area contributed by atoms with Gasteiger partial charge in [-0.1, -0.05) is 0 Å². The van der Waals surface area contributed by atoms with E-state index >= 15 is 4.39 Å². The Kier molecular flexibility index (Phi) is 6.52. The molecule has 2 unspecified atom stereocenters. The smallest absolute Gasteiger partial charge is 0.385 e. The molecule has 1 fully saturated rings. The van der Waals surface area contributed by atoms with Crippen molar-refractivity contribution >= 4 is 35.7 Å². The van der Waals surface area contributed by atoms with Crippen LogP contribution in [0.5, 0.6) is 0 Å². The number of hydrogen-bond acceptors (Lipinski definition) is 11. The van der Waals surface area contributed by atoms with Crippen molar-refractivity contribution in [1.82, 2.24) is 9.55 Å². The number of nitrogens with one attached hydrogen (secondary N) is 1. The number of ether oxygens (including phenoxy) is 1. The fourth-order valence-electron chi connectivity index (χ4n) is 2.04. The van der Waals surface area contributed by atoms with Gasteiger partial charge in [-0.3, -0.25) is 18.9 Å². The standard InChI is InChI=1S/C9H14FN2O14P3S/c10-9(3-23-28(19,20)26-29(21,22)25-27(16,17)18)6(15)5(14)7(24-9)12-2-1-4(13)11-8(12)30/h1-2,5-7,14-15H,3H2,(H,19,20)(H,21,22)(H,11,13,30)(H2,16,17,18)/t5-,6+,7-,9-/m1/s1/i3D2. The molecule has 30 heavy (non-hydrogen) atoms. The molecule has 1 aliphatic rings. The number of phosphoric ester groups is 1. The highest BCUT2D eigenvalue weighted by atomic mass is 32.1. The molecule has 0 aromatic carbocycles. The summed E-state index contributed by atoms with van der Waals surface area (Å²) < 4.78 is 79.5. The number of alkyl halides is 1. The molecule has 0 amide bonds. The fraction of sp³-hybridized carbons (Fsp3) is 0.556. The molecule has 2 heterocycles. The van der Waals surface area contributed by atoms with Crippen molar-refractivity contribution in [2.45, 2.75) is 24.3 Å². The van der Waals surface area contributed by atoms with E-state index in [1.165, 1.54) is 0 Å². The van der Waals surface area contributed by atoms with E-state index in [4.69, 9.17) is 29.6 Å². The molecule has 6 atom stereocenters. The van der Waals surface area contributed by atoms with Gasteiger partial charge >= 0.3 is 23.5 Å². The highest BCUT2D eigenvalue weighted by Crippen LogP contribution is 2.66. The predicted octanol–water partition coefficient (Wildman–Crippen LogP) is -0.834. The molecule has 0 aliphatic carbocycles. The molecule has 172 valence electrons. The van der Waals surface area contributed by atoms with Crippen molar-refractivity contribution < 1.29 is 68.5 Å². The molecule has 1 aromatic rings. The van der Waals surface area contributed by atoms with Crippen LogP contribution in [0, 0.1) is 4.77 Å². The maximum atomic E-state index is 15.3. The van der Waals surface area contributed by atoms with Gasteiger partial charge in [0.05, 0.1) is 2.74 Å². The second-order valence-corrected chi connectivity index (χ2v) is 10.1. The third kappa shape index (κ3) is 6.41. The van der Waals surface area contributed by atoms with Crippen LogP contribution in [-0.2, 0) is 31.6 Å². The van der Waals surface area contributed by atoms with Gasteiger partial charge in [0, 0.05) is 12.3 Å². The van der Waals surface area contributed by atoms with E-state index in [0.29, 0.717) is 4.57 Å². The van der Waals surface area contributed by atoms with Crippen LogP contribution >= 0.6 is 35.7 Å². The molecule has 0 saturated carbocycles. The summed E-state index contributed by atoms with van der Waals surface area (Å²) in [7, 11) is -18.0. The van der Waals surface area contributed by atoms with Gasteiger partial charge in [-0.15, -0.1) is 0 Å². The first-order chi connectivity index (χ1) is 14.2. The second-order valence-electron chi connectivity index (χ2n) is 5.39. The van der Waals surface area contributed by atoms with Gasteiger partial charge in [-0.2, -0.15) is 8.62 Å². The number of H-pyrrole nitrogens is 1. The van der Waals surface area contributed by atoms with Gasteiger partial charge in [-0.05, 0) is 12.2 Å². The number of phosphoric acid groups is 3. The number of rotatable bonds is 8. The van der Waals surface area contributed by atoms with Crippen LogP contribution in [-0.4, -0.2) is 64.0 Å². The Labute approximate surface area is 172 Å². The quantitative estimate of drug-likeness (QED) is 0.163. The number of nitrogens with zero attached hydrogens (tertiary/aromatic N) is 1. The van der Waals surface area contributed by atoms with Crippen LogP contribution in [0.4, 0.5) is 4.39 Å². The van der Waals surface area contributed by atoms with Crippen LogP contribution < -0.4 is 5.56 Å². The largest absolute Gasteiger partial charge is 0.490 e. The number of aliphatic hydroxyl groups is 2. The van der Waals surface area contributed by atoms with Crippen molar-refractivity contribution in [1.29, 1.82) is 0 Å². The average molecular weight is 520 g/mol. The van der Waals surface area contributed by atoms with E-state index in [1.54, 1.807) is 0 Å². The van der Waals surface area contributed by atoms with E-state index in [-0.39, 0.29) is 0 Å². The van der Waals surface area contributed by atoms with Crippen molar-refractivity contribution in [3.05, 3.63) is 27.4 Å². The van der Waals surface area contributed by atoms with E-state index in [1.807, 2.05) is 0 Å². The Morgan fingerprint density at radius 3 is 2.40 bits per heavy atom. The topological polar surface area (TPSA) is 247 Å². The molecule has 1 aromatic heterocycles. The monoisotopic (exact) mass is 520 g/mol. The summed E-state index contributed by atoms with van der Waals surface area (Å²) in [4.78, 5) is 48.7. The van der Waals surface area contributed by atoms with Gasteiger partial charge in [-0.25, -0.2) is 18.1 Å². The van der Waals surface area contributed by atoms with Gasteiger partial charge in [0.15, 0.2) is 11.0 Å². The third-order valence-electron chi connectivity index (χ3n) is 3.13. The number of aromatic nitrogens is 2. The molecule has 0 bridgehead atoms. The zero-order valence-corrected chi connectivity index (χ0v) is 17.4. The summed E-state index contributed by atoms with van der Waals surface area (Å²) in [5.74, 6) is -4.17. The summed E-state index contributed by atoms with van der Waals surface area (Å²) in [6.07, 6.45) is -6.29. The van der Waals surface area contributed by atoms with E-state index < -0.39 is 64.6 Å². The Bertz CT molecular complexity index is 1140. The van der Waals surface area contributed by atoms with Gasteiger partial charge in [0.25, 0.3) is 11.4 Å². The minimum atomic E-state index is -6.21. The maximum Gasteiger partial charge on any atom is 0.490 e. The number of aromatic amines is 1. The van der Waals surface area contributed by atoms with Crippen molar-refractivity contribution in [3.63, 3.8) is 0 Å². The van der Waals surface area contributed by atoms with Crippen LogP contribution in [0.15, 0.2) is 17.1 Å². The van der Waals surface area contributed by atoms with Crippen LogP contribution in [0.25, 0.3) is 0 Å². The minimum absolute atomic E-state index is 0.466. The molecule has 7 N–H and O–H groups in total. The summed E-state index contributed by atoms with van der Waals surface area (Å²) in [6.45, 7) is -4.24. The maximum absolute atomic E-state index is 15.3. The van der Waals surface area contributed by atoms with Crippen LogP contribution in [0.3, 0.4) is 0 Å². The lowest BCUT2D eigenvalue weighted by Gasteiger charge is -2.24. The van der Waals surface area contributed by atoms with Crippen molar-refractivity contribution in [3.8, 4) is 0 Å². The first kappa shape index (κ1) is 22.5. The molecule has 0 spiro atoms. The Morgan fingerprint density at radius 2 is 1.87 bits per heavy atom. The highest BCUT2D eigenvalue weighted by molar-refractivity contribution is 7.71. The molecular formula is C9H14FN2O14P3S. The summed E-state index contributed by atoms with van der Waals surface area (Å²) in [5.41, 5.74) is -0.714. The number of halogens is 1. The van der Waals surface area contributed by atoms with E-state index in [2.05, 4.69) is 22.9 Å². The fourth-order valence-corrected chi connectivity index (χ4v) is 5.19. The van der Waals surface area contributed by atoms with Crippen molar-refractivity contribution in [2.75, 3.05) is 6.56 Å². The van der Waals surface area contributed by atoms with E-state index in [9.17, 15) is 33.6 Å². The normalized spacial score (nSPS) is 32.7.